The maximum absolute atomic E-state index is 12.8. The molecular weight excluding hydrogens is 293 g/mol. The SMILES string of the molecule is CNCCCC(=O)NC(c1cccc(C(F)(F)F)c1)C(C)C. The van der Waals surface area contributed by atoms with Crippen LogP contribution >= 0.6 is 0 Å². The summed E-state index contributed by atoms with van der Waals surface area (Å²) in [5, 5.41) is 5.79. The van der Waals surface area contributed by atoms with Crippen LogP contribution in [0, 0.1) is 5.92 Å². The van der Waals surface area contributed by atoms with E-state index in [0.717, 1.165) is 18.7 Å². The summed E-state index contributed by atoms with van der Waals surface area (Å²) in [5.41, 5.74) is -0.216. The molecule has 0 spiro atoms. The summed E-state index contributed by atoms with van der Waals surface area (Å²) < 4.78 is 38.4. The van der Waals surface area contributed by atoms with Gasteiger partial charge in [-0.2, -0.15) is 13.2 Å². The number of amides is 1. The Labute approximate surface area is 129 Å². The molecule has 124 valence electrons. The number of halogens is 3. The second-order valence-electron chi connectivity index (χ2n) is 5.62. The normalized spacial score (nSPS) is 13.2. The van der Waals surface area contributed by atoms with Crippen LogP contribution in [-0.4, -0.2) is 19.5 Å². The van der Waals surface area contributed by atoms with Gasteiger partial charge in [0.1, 0.15) is 0 Å². The second kappa shape index (κ2) is 8.17. The van der Waals surface area contributed by atoms with E-state index in [9.17, 15) is 18.0 Å². The Kier molecular flexibility index (Phi) is 6.87. The molecule has 3 nitrogen and oxygen atoms in total. The van der Waals surface area contributed by atoms with Crippen LogP contribution in [0.2, 0.25) is 0 Å². The number of nitrogens with one attached hydrogen (secondary N) is 2. The minimum Gasteiger partial charge on any atom is -0.349 e. The van der Waals surface area contributed by atoms with Crippen LogP contribution in [0.3, 0.4) is 0 Å². The molecule has 1 rings (SSSR count). The zero-order chi connectivity index (χ0) is 16.8. The van der Waals surface area contributed by atoms with Crippen molar-refractivity contribution in [3.63, 3.8) is 0 Å². The van der Waals surface area contributed by atoms with E-state index >= 15 is 0 Å². The Hall–Kier alpha value is -1.56. The van der Waals surface area contributed by atoms with Gasteiger partial charge in [0.15, 0.2) is 0 Å². The predicted octanol–water partition coefficient (Wildman–Crippen LogP) is 3.52. The minimum absolute atomic E-state index is 0.00302. The summed E-state index contributed by atoms with van der Waals surface area (Å²) in [4.78, 5) is 11.9. The van der Waals surface area contributed by atoms with Gasteiger partial charge in [-0.05, 0) is 43.6 Å². The van der Waals surface area contributed by atoms with Crippen LogP contribution < -0.4 is 10.6 Å². The third-order valence-corrected chi connectivity index (χ3v) is 3.39. The zero-order valence-electron chi connectivity index (χ0n) is 13.1. The average Bonchev–Trinajstić information content (AvgIpc) is 2.44. The van der Waals surface area contributed by atoms with Gasteiger partial charge < -0.3 is 10.6 Å². The number of carbonyl (C=O) groups excluding carboxylic acids is 1. The Bertz CT molecular complexity index is 487. The molecule has 0 saturated carbocycles. The van der Waals surface area contributed by atoms with Gasteiger partial charge in [0.25, 0.3) is 0 Å². The predicted molar refractivity (Wildman–Crippen MR) is 80.3 cm³/mol. The first-order valence-electron chi connectivity index (χ1n) is 7.36. The summed E-state index contributed by atoms with van der Waals surface area (Å²) in [6.07, 6.45) is -3.34. The highest BCUT2D eigenvalue weighted by Gasteiger charge is 2.31. The van der Waals surface area contributed by atoms with Crippen molar-refractivity contribution in [3.05, 3.63) is 35.4 Å². The summed E-state index contributed by atoms with van der Waals surface area (Å²) in [6, 6.07) is 4.72. The van der Waals surface area contributed by atoms with Crippen LogP contribution in [-0.2, 0) is 11.0 Å². The van der Waals surface area contributed by atoms with E-state index in [4.69, 9.17) is 0 Å². The van der Waals surface area contributed by atoms with Gasteiger partial charge in [0.05, 0.1) is 11.6 Å². The molecule has 6 heteroatoms. The third-order valence-electron chi connectivity index (χ3n) is 3.39. The third kappa shape index (κ3) is 5.67. The maximum atomic E-state index is 12.8. The molecule has 1 amide bonds. The van der Waals surface area contributed by atoms with E-state index in [2.05, 4.69) is 10.6 Å². The monoisotopic (exact) mass is 316 g/mol. The standard InChI is InChI=1S/C16H23F3N2O/c1-11(2)15(21-14(22)8-5-9-20-3)12-6-4-7-13(10-12)16(17,18)19/h4,6-7,10-11,15,20H,5,8-9H2,1-3H3,(H,21,22). The molecule has 0 bridgehead atoms. The smallest absolute Gasteiger partial charge is 0.349 e. The average molecular weight is 316 g/mol. The van der Waals surface area contributed by atoms with Crippen molar-refractivity contribution in [1.82, 2.24) is 10.6 Å². The Morgan fingerprint density at radius 3 is 2.50 bits per heavy atom. The largest absolute Gasteiger partial charge is 0.416 e. The zero-order valence-corrected chi connectivity index (χ0v) is 13.1. The van der Waals surface area contributed by atoms with E-state index in [0.29, 0.717) is 18.4 Å². The van der Waals surface area contributed by atoms with Crippen molar-refractivity contribution >= 4 is 5.91 Å². The van der Waals surface area contributed by atoms with Crippen LogP contribution in [0.5, 0.6) is 0 Å². The van der Waals surface area contributed by atoms with E-state index in [1.807, 2.05) is 13.8 Å². The van der Waals surface area contributed by atoms with E-state index < -0.39 is 17.8 Å². The molecule has 1 unspecified atom stereocenters. The molecule has 1 aromatic carbocycles. The van der Waals surface area contributed by atoms with Crippen molar-refractivity contribution in [1.29, 1.82) is 0 Å². The quantitative estimate of drug-likeness (QED) is 0.756. The lowest BCUT2D eigenvalue weighted by Crippen LogP contribution is -2.32. The number of hydrogen-bond donors (Lipinski definition) is 2. The van der Waals surface area contributed by atoms with Gasteiger partial charge in [-0.1, -0.05) is 26.0 Å². The number of rotatable bonds is 7. The highest BCUT2D eigenvalue weighted by molar-refractivity contribution is 5.76. The highest BCUT2D eigenvalue weighted by Crippen LogP contribution is 2.32. The molecule has 1 atom stereocenters. The maximum Gasteiger partial charge on any atom is 0.416 e. The number of benzene rings is 1. The van der Waals surface area contributed by atoms with Gasteiger partial charge in [-0.15, -0.1) is 0 Å². The summed E-state index contributed by atoms with van der Waals surface area (Å²) in [7, 11) is 1.80. The van der Waals surface area contributed by atoms with Crippen LogP contribution in [0.25, 0.3) is 0 Å². The molecule has 0 fully saturated rings. The highest BCUT2D eigenvalue weighted by atomic mass is 19.4. The molecule has 0 aliphatic rings. The van der Waals surface area contributed by atoms with Gasteiger partial charge >= 0.3 is 6.18 Å². The minimum atomic E-state index is -4.38. The van der Waals surface area contributed by atoms with Crippen molar-refractivity contribution < 1.29 is 18.0 Å². The van der Waals surface area contributed by atoms with Gasteiger partial charge in [0.2, 0.25) is 5.91 Å². The Morgan fingerprint density at radius 2 is 1.95 bits per heavy atom. The molecule has 0 heterocycles. The van der Waals surface area contributed by atoms with Gasteiger partial charge in [-0.3, -0.25) is 4.79 Å². The van der Waals surface area contributed by atoms with Gasteiger partial charge in [0, 0.05) is 6.42 Å². The van der Waals surface area contributed by atoms with Crippen molar-refractivity contribution in [2.45, 2.75) is 38.9 Å². The lowest BCUT2D eigenvalue weighted by molar-refractivity contribution is -0.137. The molecule has 2 N–H and O–H groups in total. The fourth-order valence-electron chi connectivity index (χ4n) is 2.21. The summed E-state index contributed by atoms with van der Waals surface area (Å²) in [5.74, 6) is -0.150. The molecule has 0 radical (unpaired) electrons. The summed E-state index contributed by atoms with van der Waals surface area (Å²) in [6.45, 7) is 4.47. The lowest BCUT2D eigenvalue weighted by atomic mass is 9.94. The topological polar surface area (TPSA) is 41.1 Å². The molecule has 0 saturated heterocycles. The van der Waals surface area contributed by atoms with Crippen molar-refractivity contribution in [3.8, 4) is 0 Å². The Morgan fingerprint density at radius 1 is 1.27 bits per heavy atom. The van der Waals surface area contributed by atoms with Crippen molar-refractivity contribution in [2.24, 2.45) is 5.92 Å². The first-order valence-corrected chi connectivity index (χ1v) is 7.36. The second-order valence-corrected chi connectivity index (χ2v) is 5.62. The fraction of sp³-hybridized carbons (Fsp3) is 0.562. The Balaban J connectivity index is 2.85. The first kappa shape index (κ1) is 18.5. The molecular formula is C16H23F3N2O. The van der Waals surface area contributed by atoms with E-state index in [1.165, 1.54) is 6.07 Å². The first-order chi connectivity index (χ1) is 10.3. The number of carbonyl (C=O) groups is 1. The molecule has 22 heavy (non-hydrogen) atoms. The summed E-state index contributed by atoms with van der Waals surface area (Å²) >= 11 is 0. The van der Waals surface area contributed by atoms with E-state index in [-0.39, 0.29) is 11.8 Å². The molecule has 0 aromatic heterocycles. The van der Waals surface area contributed by atoms with Gasteiger partial charge in [-0.25, -0.2) is 0 Å². The fourth-order valence-corrected chi connectivity index (χ4v) is 2.21. The van der Waals surface area contributed by atoms with Crippen LogP contribution in [0.1, 0.15) is 43.9 Å². The molecule has 0 aliphatic carbocycles. The number of alkyl halides is 3. The van der Waals surface area contributed by atoms with Crippen LogP contribution in [0.4, 0.5) is 13.2 Å². The number of hydrogen-bond acceptors (Lipinski definition) is 2. The van der Waals surface area contributed by atoms with E-state index in [1.54, 1.807) is 13.1 Å². The lowest BCUT2D eigenvalue weighted by Gasteiger charge is -2.24. The van der Waals surface area contributed by atoms with Crippen LogP contribution in [0.15, 0.2) is 24.3 Å². The molecule has 0 aliphatic heterocycles. The van der Waals surface area contributed by atoms with Crippen molar-refractivity contribution in [2.75, 3.05) is 13.6 Å². The molecule has 1 aromatic rings.